The van der Waals surface area contributed by atoms with E-state index in [2.05, 4.69) is 4.90 Å². The van der Waals surface area contributed by atoms with Crippen molar-refractivity contribution in [2.75, 3.05) is 25.5 Å². The van der Waals surface area contributed by atoms with E-state index in [4.69, 9.17) is 20.4 Å². The Labute approximate surface area is 130 Å². The summed E-state index contributed by atoms with van der Waals surface area (Å²) in [5.41, 5.74) is 2.55. The van der Waals surface area contributed by atoms with Crippen LogP contribution in [0.4, 0.5) is 0 Å². The Morgan fingerprint density at radius 3 is 2.14 bits per heavy atom. The first-order chi connectivity index (χ1) is 10.4. The number of hydrogen-bond donors (Lipinski definition) is 0. The third-order valence-electron chi connectivity index (χ3n) is 3.96. The highest BCUT2D eigenvalue weighted by Crippen LogP contribution is 2.32. The van der Waals surface area contributed by atoms with E-state index in [1.54, 1.807) is 12.5 Å². The van der Waals surface area contributed by atoms with Crippen molar-refractivity contribution in [3.05, 3.63) is 53.9 Å². The lowest BCUT2D eigenvalue weighted by molar-refractivity contribution is 0.257. The third kappa shape index (κ3) is 3.42. The zero-order chi connectivity index (χ0) is 14.5. The second-order valence-electron chi connectivity index (χ2n) is 5.32. The molecule has 112 valence electrons. The molecule has 0 radical (unpaired) electrons. The second-order valence-corrected chi connectivity index (χ2v) is 5.70. The van der Waals surface area contributed by atoms with Gasteiger partial charge in [0.05, 0.1) is 18.1 Å². The number of piperidine rings is 1. The van der Waals surface area contributed by atoms with Crippen molar-refractivity contribution in [2.24, 2.45) is 0 Å². The molecule has 0 aromatic carbocycles. The first kappa shape index (κ1) is 14.5. The summed E-state index contributed by atoms with van der Waals surface area (Å²) in [6.07, 6.45) is 6.60. The van der Waals surface area contributed by atoms with Crippen LogP contribution in [0.3, 0.4) is 0 Å². The van der Waals surface area contributed by atoms with Crippen LogP contribution >= 0.6 is 11.6 Å². The van der Waals surface area contributed by atoms with Crippen molar-refractivity contribution in [1.29, 1.82) is 0 Å². The van der Waals surface area contributed by atoms with Crippen molar-refractivity contribution in [2.45, 2.75) is 19.3 Å². The molecule has 2 aromatic heterocycles. The van der Waals surface area contributed by atoms with Gasteiger partial charge in [0.25, 0.3) is 0 Å². The van der Waals surface area contributed by atoms with Gasteiger partial charge in [0, 0.05) is 19.0 Å². The molecule has 0 unspecified atom stereocenters. The Kier molecular flexibility index (Phi) is 4.84. The summed E-state index contributed by atoms with van der Waals surface area (Å²) in [6, 6.07) is 7.86. The fourth-order valence-corrected chi connectivity index (χ4v) is 3.01. The molecular weight excluding hydrogens is 286 g/mol. The Hall–Kier alpha value is -1.45. The normalized spacial score (nSPS) is 16.3. The predicted molar refractivity (Wildman–Crippen MR) is 84.4 cm³/mol. The quantitative estimate of drug-likeness (QED) is 0.767. The molecule has 0 spiro atoms. The smallest absolute Gasteiger partial charge is 0.137 e. The van der Waals surface area contributed by atoms with Gasteiger partial charge in [-0.2, -0.15) is 0 Å². The van der Waals surface area contributed by atoms with Gasteiger partial charge in [-0.1, -0.05) is 5.57 Å². The molecule has 3 heterocycles. The Bertz CT molecular complexity index is 526. The molecule has 1 fully saturated rings. The summed E-state index contributed by atoms with van der Waals surface area (Å²) >= 11 is 5.77. The van der Waals surface area contributed by atoms with E-state index < -0.39 is 0 Å². The van der Waals surface area contributed by atoms with Crippen LogP contribution in [-0.2, 0) is 0 Å². The van der Waals surface area contributed by atoms with Gasteiger partial charge in [-0.15, -0.1) is 11.6 Å². The summed E-state index contributed by atoms with van der Waals surface area (Å²) in [7, 11) is 0. The first-order valence-corrected chi connectivity index (χ1v) is 8.00. The molecule has 0 bridgehead atoms. The summed E-state index contributed by atoms with van der Waals surface area (Å²) in [5.74, 6) is 2.53. The summed E-state index contributed by atoms with van der Waals surface area (Å²) < 4.78 is 11.2. The van der Waals surface area contributed by atoms with Crippen molar-refractivity contribution in [3.8, 4) is 0 Å². The number of hydrogen-bond acceptors (Lipinski definition) is 3. The number of nitrogens with zero attached hydrogens (tertiary/aromatic N) is 1. The molecule has 0 N–H and O–H groups in total. The highest BCUT2D eigenvalue weighted by molar-refractivity contribution is 6.17. The maximum absolute atomic E-state index is 5.77. The number of furan rings is 2. The minimum absolute atomic E-state index is 0.739. The molecule has 0 atom stereocenters. The van der Waals surface area contributed by atoms with E-state index in [9.17, 15) is 0 Å². The van der Waals surface area contributed by atoms with E-state index in [1.807, 2.05) is 24.3 Å². The zero-order valence-corrected chi connectivity index (χ0v) is 12.8. The number of likely N-dealkylation sites (tertiary alicyclic amines) is 1. The molecule has 3 nitrogen and oxygen atoms in total. The molecule has 2 aromatic rings. The van der Waals surface area contributed by atoms with Crippen molar-refractivity contribution < 1.29 is 8.83 Å². The van der Waals surface area contributed by atoms with E-state index >= 15 is 0 Å². The highest BCUT2D eigenvalue weighted by atomic mass is 35.5. The van der Waals surface area contributed by atoms with Gasteiger partial charge in [-0.25, -0.2) is 0 Å². The molecule has 1 saturated heterocycles. The minimum atomic E-state index is 0.739. The van der Waals surface area contributed by atoms with Crippen LogP contribution in [0, 0.1) is 0 Å². The van der Waals surface area contributed by atoms with Crippen molar-refractivity contribution in [3.63, 3.8) is 0 Å². The van der Waals surface area contributed by atoms with Gasteiger partial charge in [0.2, 0.25) is 0 Å². The van der Waals surface area contributed by atoms with Crippen LogP contribution < -0.4 is 0 Å². The van der Waals surface area contributed by atoms with E-state index in [0.717, 1.165) is 61.9 Å². The molecule has 0 amide bonds. The lowest BCUT2D eigenvalue weighted by atomic mass is 9.94. The molecular formula is C17H20ClNO2. The fourth-order valence-electron chi connectivity index (χ4n) is 2.89. The van der Waals surface area contributed by atoms with E-state index in [0.29, 0.717) is 0 Å². The van der Waals surface area contributed by atoms with Crippen LogP contribution in [0.1, 0.15) is 30.8 Å². The predicted octanol–water partition coefficient (Wildman–Crippen LogP) is 4.40. The zero-order valence-electron chi connectivity index (χ0n) is 12.1. The SMILES string of the molecule is ClCCCN1CCC(=C(c2ccco2)c2ccco2)CC1. The first-order valence-electron chi connectivity index (χ1n) is 7.46. The Morgan fingerprint density at radius 2 is 1.67 bits per heavy atom. The van der Waals surface area contributed by atoms with E-state index in [-0.39, 0.29) is 0 Å². The Morgan fingerprint density at radius 1 is 1.05 bits per heavy atom. The van der Waals surface area contributed by atoms with Crippen LogP contribution in [0.25, 0.3) is 5.57 Å². The maximum Gasteiger partial charge on any atom is 0.137 e. The number of rotatable bonds is 5. The van der Waals surface area contributed by atoms with Gasteiger partial charge in [0.15, 0.2) is 0 Å². The second kappa shape index (κ2) is 7.01. The van der Waals surface area contributed by atoms with Crippen LogP contribution in [0.2, 0.25) is 0 Å². The average molecular weight is 306 g/mol. The standard InChI is InChI=1S/C17H20ClNO2/c18-8-3-9-19-10-6-14(7-11-19)17(15-4-1-12-20-15)16-5-2-13-21-16/h1-2,4-5,12-13H,3,6-11H2. The molecule has 21 heavy (non-hydrogen) atoms. The minimum Gasteiger partial charge on any atom is -0.464 e. The maximum atomic E-state index is 5.77. The van der Waals surface area contributed by atoms with Crippen LogP contribution in [0.5, 0.6) is 0 Å². The topological polar surface area (TPSA) is 29.5 Å². The largest absolute Gasteiger partial charge is 0.464 e. The lowest BCUT2D eigenvalue weighted by Crippen LogP contribution is -2.32. The van der Waals surface area contributed by atoms with Gasteiger partial charge >= 0.3 is 0 Å². The molecule has 4 heteroatoms. The highest BCUT2D eigenvalue weighted by Gasteiger charge is 2.21. The lowest BCUT2D eigenvalue weighted by Gasteiger charge is -2.29. The molecule has 0 aliphatic carbocycles. The molecule has 3 rings (SSSR count). The number of halogens is 1. The monoisotopic (exact) mass is 305 g/mol. The summed E-state index contributed by atoms with van der Waals surface area (Å²) in [5, 5.41) is 0. The number of alkyl halides is 1. The van der Waals surface area contributed by atoms with Gasteiger partial charge < -0.3 is 13.7 Å². The van der Waals surface area contributed by atoms with Gasteiger partial charge in [-0.3, -0.25) is 0 Å². The Balaban J connectivity index is 1.81. The summed E-state index contributed by atoms with van der Waals surface area (Å²) in [6.45, 7) is 3.25. The van der Waals surface area contributed by atoms with Crippen LogP contribution in [-0.4, -0.2) is 30.4 Å². The third-order valence-corrected chi connectivity index (χ3v) is 4.22. The van der Waals surface area contributed by atoms with E-state index in [1.165, 1.54) is 5.57 Å². The van der Waals surface area contributed by atoms with Crippen molar-refractivity contribution in [1.82, 2.24) is 4.90 Å². The summed E-state index contributed by atoms with van der Waals surface area (Å²) in [4.78, 5) is 2.48. The molecule has 0 saturated carbocycles. The molecule has 1 aliphatic rings. The van der Waals surface area contributed by atoms with Gasteiger partial charge in [-0.05, 0) is 50.1 Å². The average Bonchev–Trinajstić information content (AvgIpc) is 3.21. The van der Waals surface area contributed by atoms with Crippen LogP contribution in [0.15, 0.2) is 51.2 Å². The van der Waals surface area contributed by atoms with Gasteiger partial charge in [0.1, 0.15) is 11.5 Å². The van der Waals surface area contributed by atoms with Crippen molar-refractivity contribution >= 4 is 17.2 Å². The molecule has 1 aliphatic heterocycles. The fraction of sp³-hybridized carbons (Fsp3) is 0.412.